The van der Waals surface area contributed by atoms with E-state index in [9.17, 15) is 14.7 Å². The normalized spacial score (nSPS) is 9.60. The summed E-state index contributed by atoms with van der Waals surface area (Å²) in [5, 5.41) is 12.7. The van der Waals surface area contributed by atoms with Crippen molar-refractivity contribution < 1.29 is 14.7 Å². The van der Waals surface area contributed by atoms with Crippen LogP contribution < -0.4 is 10.4 Å². The number of hydrogen-bond acceptors (Lipinski definition) is 3. The number of aliphatic carboxylic acids is 1. The monoisotopic (exact) mass is 206 g/mol. The summed E-state index contributed by atoms with van der Waals surface area (Å²) in [6.45, 7) is 0.423. The largest absolute Gasteiger partial charge is 0.550 e. The fourth-order valence-corrected chi connectivity index (χ4v) is 1.10. The van der Waals surface area contributed by atoms with Crippen molar-refractivity contribution in [3.05, 3.63) is 35.9 Å². The summed E-state index contributed by atoms with van der Waals surface area (Å²) in [5.74, 6) is -1.48. The van der Waals surface area contributed by atoms with Crippen LogP contribution in [-0.4, -0.2) is 11.9 Å². The van der Waals surface area contributed by atoms with Crippen LogP contribution in [0.15, 0.2) is 30.3 Å². The molecule has 0 atom stereocenters. The van der Waals surface area contributed by atoms with E-state index in [1.54, 1.807) is 0 Å². The van der Waals surface area contributed by atoms with Crippen molar-refractivity contribution in [2.45, 2.75) is 19.4 Å². The second kappa shape index (κ2) is 5.80. The van der Waals surface area contributed by atoms with Crippen LogP contribution in [0.25, 0.3) is 0 Å². The van der Waals surface area contributed by atoms with Gasteiger partial charge in [-0.3, -0.25) is 4.79 Å². The van der Waals surface area contributed by atoms with Crippen LogP contribution in [0.1, 0.15) is 18.4 Å². The topological polar surface area (TPSA) is 69.2 Å². The second-order valence-electron chi connectivity index (χ2n) is 3.13. The van der Waals surface area contributed by atoms with Crippen molar-refractivity contribution in [2.75, 3.05) is 0 Å². The smallest absolute Gasteiger partial charge is 0.220 e. The summed E-state index contributed by atoms with van der Waals surface area (Å²) < 4.78 is 0. The number of carbonyl (C=O) groups is 2. The number of benzene rings is 1. The van der Waals surface area contributed by atoms with Gasteiger partial charge in [0.25, 0.3) is 0 Å². The van der Waals surface area contributed by atoms with E-state index in [4.69, 9.17) is 0 Å². The van der Waals surface area contributed by atoms with Gasteiger partial charge in [0, 0.05) is 18.9 Å². The van der Waals surface area contributed by atoms with Crippen LogP contribution >= 0.6 is 0 Å². The van der Waals surface area contributed by atoms with Crippen molar-refractivity contribution in [3.8, 4) is 0 Å². The van der Waals surface area contributed by atoms with Crippen molar-refractivity contribution in [3.63, 3.8) is 0 Å². The lowest BCUT2D eigenvalue weighted by atomic mass is 10.2. The fourth-order valence-electron chi connectivity index (χ4n) is 1.10. The quantitative estimate of drug-likeness (QED) is 0.727. The van der Waals surface area contributed by atoms with Crippen LogP contribution in [0.2, 0.25) is 0 Å². The number of hydrogen-bond donors (Lipinski definition) is 1. The molecule has 0 aliphatic rings. The lowest BCUT2D eigenvalue weighted by Crippen LogP contribution is -2.27. The lowest BCUT2D eigenvalue weighted by Gasteiger charge is -2.05. The van der Waals surface area contributed by atoms with E-state index >= 15 is 0 Å². The standard InChI is InChI=1S/C11H13NO3/c13-10(6-7-11(14)15)12-8-9-4-2-1-3-5-9/h1-5H,6-8H2,(H,12,13)(H,14,15)/p-1. The summed E-state index contributed by atoms with van der Waals surface area (Å²) in [4.78, 5) is 21.2. The highest BCUT2D eigenvalue weighted by atomic mass is 16.4. The molecular formula is C11H12NO3-. The summed E-state index contributed by atoms with van der Waals surface area (Å²) in [6, 6.07) is 9.42. The molecule has 1 aromatic rings. The molecule has 1 aromatic carbocycles. The van der Waals surface area contributed by atoms with Gasteiger partial charge in [-0.15, -0.1) is 0 Å². The van der Waals surface area contributed by atoms with Crippen LogP contribution in [-0.2, 0) is 16.1 Å². The Morgan fingerprint density at radius 1 is 1.13 bits per heavy atom. The lowest BCUT2D eigenvalue weighted by molar-refractivity contribution is -0.305. The summed E-state index contributed by atoms with van der Waals surface area (Å²) >= 11 is 0. The highest BCUT2D eigenvalue weighted by Crippen LogP contribution is 1.97. The minimum Gasteiger partial charge on any atom is -0.550 e. The Kier molecular flexibility index (Phi) is 4.34. The molecule has 0 radical (unpaired) electrons. The molecule has 4 heteroatoms. The van der Waals surface area contributed by atoms with Crippen molar-refractivity contribution in [2.24, 2.45) is 0 Å². The zero-order valence-corrected chi connectivity index (χ0v) is 8.23. The van der Waals surface area contributed by atoms with Gasteiger partial charge in [-0.1, -0.05) is 30.3 Å². The molecule has 15 heavy (non-hydrogen) atoms. The molecule has 0 unspecified atom stereocenters. The molecular weight excluding hydrogens is 194 g/mol. The Bertz CT molecular complexity index is 335. The number of nitrogens with one attached hydrogen (secondary N) is 1. The van der Waals surface area contributed by atoms with Crippen LogP contribution in [0.4, 0.5) is 0 Å². The SMILES string of the molecule is O=C([O-])CCC(=O)NCc1ccccc1. The van der Waals surface area contributed by atoms with Crippen molar-refractivity contribution >= 4 is 11.9 Å². The number of carboxylic acids is 1. The maximum atomic E-state index is 11.1. The average molecular weight is 206 g/mol. The number of carboxylic acid groups (broad SMARTS) is 1. The van der Waals surface area contributed by atoms with E-state index in [1.165, 1.54) is 0 Å². The van der Waals surface area contributed by atoms with E-state index in [0.29, 0.717) is 6.54 Å². The first-order valence-corrected chi connectivity index (χ1v) is 4.69. The highest BCUT2D eigenvalue weighted by molar-refractivity contribution is 5.79. The van der Waals surface area contributed by atoms with E-state index in [1.807, 2.05) is 30.3 Å². The van der Waals surface area contributed by atoms with Gasteiger partial charge in [-0.2, -0.15) is 0 Å². The Morgan fingerprint density at radius 2 is 1.80 bits per heavy atom. The van der Waals surface area contributed by atoms with Gasteiger partial charge in [0.2, 0.25) is 5.91 Å². The van der Waals surface area contributed by atoms with Gasteiger partial charge < -0.3 is 15.2 Å². The molecule has 0 saturated heterocycles. The molecule has 80 valence electrons. The zero-order valence-electron chi connectivity index (χ0n) is 8.23. The van der Waals surface area contributed by atoms with E-state index in [2.05, 4.69) is 5.32 Å². The predicted molar refractivity (Wildman–Crippen MR) is 52.5 cm³/mol. The molecule has 1 amide bonds. The Morgan fingerprint density at radius 3 is 2.40 bits per heavy atom. The molecule has 0 bridgehead atoms. The minimum atomic E-state index is -1.20. The maximum Gasteiger partial charge on any atom is 0.220 e. The first-order chi connectivity index (χ1) is 7.18. The Balaban J connectivity index is 2.26. The molecule has 0 aliphatic carbocycles. The molecule has 0 saturated carbocycles. The summed E-state index contributed by atoms with van der Waals surface area (Å²) in [6.07, 6.45) is -0.268. The molecule has 0 aromatic heterocycles. The van der Waals surface area contributed by atoms with Crippen molar-refractivity contribution in [1.29, 1.82) is 0 Å². The predicted octanol–water partition coefficient (Wildman–Crippen LogP) is -0.167. The maximum absolute atomic E-state index is 11.1. The third-order valence-electron chi connectivity index (χ3n) is 1.89. The molecule has 4 nitrogen and oxygen atoms in total. The average Bonchev–Trinajstić information content (AvgIpc) is 2.25. The van der Waals surface area contributed by atoms with Gasteiger partial charge >= 0.3 is 0 Å². The fraction of sp³-hybridized carbons (Fsp3) is 0.273. The van der Waals surface area contributed by atoms with Gasteiger partial charge in [-0.05, 0) is 12.0 Å². The molecule has 0 spiro atoms. The summed E-state index contributed by atoms with van der Waals surface area (Å²) in [5.41, 5.74) is 0.985. The highest BCUT2D eigenvalue weighted by Gasteiger charge is 2.00. The number of rotatable bonds is 5. The number of carbonyl (C=O) groups excluding carboxylic acids is 2. The van der Waals surface area contributed by atoms with E-state index < -0.39 is 5.97 Å². The minimum absolute atomic E-state index is 0.0326. The Labute approximate surface area is 87.9 Å². The molecule has 1 N–H and O–H groups in total. The van der Waals surface area contributed by atoms with E-state index in [-0.39, 0.29) is 18.7 Å². The van der Waals surface area contributed by atoms with Crippen molar-refractivity contribution in [1.82, 2.24) is 5.32 Å². The van der Waals surface area contributed by atoms with Crippen LogP contribution in [0.3, 0.4) is 0 Å². The summed E-state index contributed by atoms with van der Waals surface area (Å²) in [7, 11) is 0. The molecule has 0 heterocycles. The molecule has 1 rings (SSSR count). The van der Waals surface area contributed by atoms with Crippen LogP contribution in [0, 0.1) is 0 Å². The molecule has 0 fully saturated rings. The first-order valence-electron chi connectivity index (χ1n) is 4.69. The zero-order chi connectivity index (χ0) is 11.1. The third-order valence-corrected chi connectivity index (χ3v) is 1.89. The van der Waals surface area contributed by atoms with Gasteiger partial charge in [0.1, 0.15) is 0 Å². The van der Waals surface area contributed by atoms with Crippen LogP contribution in [0.5, 0.6) is 0 Å². The molecule has 0 aliphatic heterocycles. The Hall–Kier alpha value is -1.84. The van der Waals surface area contributed by atoms with E-state index in [0.717, 1.165) is 5.56 Å². The first kappa shape index (κ1) is 11.2. The van der Waals surface area contributed by atoms with Gasteiger partial charge in [0.05, 0.1) is 0 Å². The second-order valence-corrected chi connectivity index (χ2v) is 3.13. The number of amides is 1. The third kappa shape index (κ3) is 4.81. The van der Waals surface area contributed by atoms with Gasteiger partial charge in [-0.25, -0.2) is 0 Å². The van der Waals surface area contributed by atoms with Gasteiger partial charge in [0.15, 0.2) is 0 Å².